The molecule has 1 amide bonds. The van der Waals surface area contributed by atoms with E-state index in [9.17, 15) is 9.59 Å². The number of carbonyl (C=O) groups is 2. The SMILES string of the molecule is C[C@H](OC(=O)c1cccnc1)C(=O)N[C@@H](C)c1ccc(Cl)cc1Cl. The molecule has 0 saturated heterocycles. The Morgan fingerprint density at radius 1 is 1.21 bits per heavy atom. The standard InChI is InChI=1S/C17H16Cl2N2O3/c1-10(14-6-5-13(18)8-15(14)19)21-16(22)11(2)24-17(23)12-4-3-7-20-9-12/h3-11H,1-2H3,(H,21,22)/t10-,11-/m0/s1. The molecule has 0 bridgehead atoms. The van der Waals surface area contributed by atoms with Crippen molar-refractivity contribution in [2.24, 2.45) is 0 Å². The van der Waals surface area contributed by atoms with Gasteiger partial charge in [0, 0.05) is 22.4 Å². The Hall–Kier alpha value is -2.11. The third-order valence-corrected chi connectivity index (χ3v) is 3.90. The van der Waals surface area contributed by atoms with E-state index in [1.54, 1.807) is 43.5 Å². The molecule has 0 aliphatic rings. The topological polar surface area (TPSA) is 68.3 Å². The molecule has 1 aromatic carbocycles. The maximum Gasteiger partial charge on any atom is 0.340 e. The van der Waals surface area contributed by atoms with Crippen LogP contribution in [0.2, 0.25) is 10.0 Å². The minimum Gasteiger partial charge on any atom is -0.449 e. The Labute approximate surface area is 149 Å². The molecule has 5 nitrogen and oxygen atoms in total. The van der Waals surface area contributed by atoms with Gasteiger partial charge in [-0.25, -0.2) is 4.79 Å². The summed E-state index contributed by atoms with van der Waals surface area (Å²) in [4.78, 5) is 28.0. The summed E-state index contributed by atoms with van der Waals surface area (Å²) >= 11 is 12.0. The molecule has 126 valence electrons. The Kier molecular flexibility index (Phi) is 6.17. The summed E-state index contributed by atoms with van der Waals surface area (Å²) < 4.78 is 5.14. The third kappa shape index (κ3) is 4.69. The van der Waals surface area contributed by atoms with E-state index in [0.29, 0.717) is 10.0 Å². The zero-order chi connectivity index (χ0) is 17.7. The first kappa shape index (κ1) is 18.2. The Morgan fingerprint density at radius 2 is 1.96 bits per heavy atom. The highest BCUT2D eigenvalue weighted by atomic mass is 35.5. The highest BCUT2D eigenvalue weighted by Gasteiger charge is 2.21. The van der Waals surface area contributed by atoms with Crippen LogP contribution < -0.4 is 5.32 Å². The molecule has 0 unspecified atom stereocenters. The van der Waals surface area contributed by atoms with Gasteiger partial charge >= 0.3 is 5.97 Å². The number of rotatable bonds is 5. The van der Waals surface area contributed by atoms with E-state index in [1.807, 2.05) is 0 Å². The molecule has 0 saturated carbocycles. The van der Waals surface area contributed by atoms with Gasteiger partial charge in [0.2, 0.25) is 0 Å². The summed E-state index contributed by atoms with van der Waals surface area (Å²) in [5, 5.41) is 3.72. The number of aromatic nitrogens is 1. The van der Waals surface area contributed by atoms with Crippen molar-refractivity contribution in [2.45, 2.75) is 26.0 Å². The fourth-order valence-corrected chi connectivity index (χ4v) is 2.60. The first-order valence-corrected chi connectivity index (χ1v) is 8.00. The molecule has 2 rings (SSSR count). The monoisotopic (exact) mass is 366 g/mol. The summed E-state index contributed by atoms with van der Waals surface area (Å²) in [5.74, 6) is -1.03. The average Bonchev–Trinajstić information content (AvgIpc) is 2.55. The number of ether oxygens (including phenoxy) is 1. The number of esters is 1. The van der Waals surface area contributed by atoms with E-state index in [4.69, 9.17) is 27.9 Å². The number of benzene rings is 1. The van der Waals surface area contributed by atoms with E-state index in [0.717, 1.165) is 5.56 Å². The zero-order valence-corrected chi connectivity index (χ0v) is 14.6. The van der Waals surface area contributed by atoms with Crippen LogP contribution in [0.1, 0.15) is 35.8 Å². The van der Waals surface area contributed by atoms with E-state index in [-0.39, 0.29) is 11.6 Å². The molecule has 24 heavy (non-hydrogen) atoms. The number of nitrogens with one attached hydrogen (secondary N) is 1. The number of halogens is 2. The fourth-order valence-electron chi connectivity index (χ4n) is 2.03. The summed E-state index contributed by atoms with van der Waals surface area (Å²) in [7, 11) is 0. The molecule has 1 N–H and O–H groups in total. The summed E-state index contributed by atoms with van der Waals surface area (Å²) in [6, 6.07) is 7.86. The van der Waals surface area contributed by atoms with E-state index < -0.39 is 18.0 Å². The second kappa shape index (κ2) is 8.13. The van der Waals surface area contributed by atoms with Crippen molar-refractivity contribution in [3.63, 3.8) is 0 Å². The average molecular weight is 367 g/mol. The van der Waals surface area contributed by atoms with Crippen LogP contribution in [0.15, 0.2) is 42.7 Å². The second-order valence-electron chi connectivity index (χ2n) is 5.19. The van der Waals surface area contributed by atoms with Crippen molar-refractivity contribution < 1.29 is 14.3 Å². The summed E-state index contributed by atoms with van der Waals surface area (Å²) in [6.45, 7) is 3.28. The lowest BCUT2D eigenvalue weighted by Gasteiger charge is -2.19. The van der Waals surface area contributed by atoms with E-state index >= 15 is 0 Å². The second-order valence-corrected chi connectivity index (χ2v) is 6.03. The predicted octanol–water partition coefficient (Wildman–Crippen LogP) is 3.81. The van der Waals surface area contributed by atoms with Gasteiger partial charge in [0.25, 0.3) is 5.91 Å². The van der Waals surface area contributed by atoms with Crippen molar-refractivity contribution in [1.82, 2.24) is 10.3 Å². The number of hydrogen-bond acceptors (Lipinski definition) is 4. The maximum absolute atomic E-state index is 12.2. The van der Waals surface area contributed by atoms with Crippen LogP contribution in [0.25, 0.3) is 0 Å². The van der Waals surface area contributed by atoms with Gasteiger partial charge in [-0.3, -0.25) is 9.78 Å². The van der Waals surface area contributed by atoms with Crippen molar-refractivity contribution in [2.75, 3.05) is 0 Å². The van der Waals surface area contributed by atoms with Gasteiger partial charge in [0.05, 0.1) is 11.6 Å². The lowest BCUT2D eigenvalue weighted by molar-refractivity contribution is -0.129. The van der Waals surface area contributed by atoms with Gasteiger partial charge < -0.3 is 10.1 Å². The lowest BCUT2D eigenvalue weighted by atomic mass is 10.1. The molecular formula is C17H16Cl2N2O3. The van der Waals surface area contributed by atoms with Crippen LogP contribution in [-0.2, 0) is 9.53 Å². The first-order valence-electron chi connectivity index (χ1n) is 7.25. The van der Waals surface area contributed by atoms with Crippen LogP contribution in [0, 0.1) is 0 Å². The quantitative estimate of drug-likeness (QED) is 0.816. The van der Waals surface area contributed by atoms with Gasteiger partial charge in [-0.2, -0.15) is 0 Å². The molecule has 0 aliphatic heterocycles. The number of amides is 1. The highest BCUT2D eigenvalue weighted by Crippen LogP contribution is 2.26. The van der Waals surface area contributed by atoms with Crippen LogP contribution >= 0.6 is 23.2 Å². The normalized spacial score (nSPS) is 13.0. The van der Waals surface area contributed by atoms with Crippen LogP contribution in [-0.4, -0.2) is 23.0 Å². The van der Waals surface area contributed by atoms with Gasteiger partial charge in [-0.1, -0.05) is 29.3 Å². The van der Waals surface area contributed by atoms with E-state index in [1.165, 1.54) is 13.1 Å². The first-order chi connectivity index (χ1) is 11.4. The Balaban J connectivity index is 1.97. The largest absolute Gasteiger partial charge is 0.449 e. The van der Waals surface area contributed by atoms with Crippen LogP contribution in [0.5, 0.6) is 0 Å². The Morgan fingerprint density at radius 3 is 2.58 bits per heavy atom. The number of carbonyl (C=O) groups excluding carboxylic acids is 2. The minimum atomic E-state index is -0.953. The van der Waals surface area contributed by atoms with Crippen LogP contribution in [0.3, 0.4) is 0 Å². The number of hydrogen-bond donors (Lipinski definition) is 1. The molecule has 0 aliphatic carbocycles. The number of nitrogens with zero attached hydrogens (tertiary/aromatic N) is 1. The molecule has 1 aromatic heterocycles. The lowest BCUT2D eigenvalue weighted by Crippen LogP contribution is -2.37. The predicted molar refractivity (Wildman–Crippen MR) is 92.1 cm³/mol. The van der Waals surface area contributed by atoms with E-state index in [2.05, 4.69) is 10.3 Å². The minimum absolute atomic E-state index is 0.283. The summed E-state index contributed by atoms with van der Waals surface area (Å²) in [6.07, 6.45) is 1.97. The molecular weight excluding hydrogens is 351 g/mol. The maximum atomic E-state index is 12.2. The molecule has 2 aromatic rings. The van der Waals surface area contributed by atoms with Gasteiger partial charge in [0.15, 0.2) is 6.10 Å². The molecule has 1 heterocycles. The van der Waals surface area contributed by atoms with Crippen molar-refractivity contribution in [3.05, 3.63) is 63.9 Å². The third-order valence-electron chi connectivity index (χ3n) is 3.34. The molecule has 0 fully saturated rings. The fraction of sp³-hybridized carbons (Fsp3) is 0.235. The molecule has 0 spiro atoms. The van der Waals surface area contributed by atoms with Crippen LogP contribution in [0.4, 0.5) is 0 Å². The van der Waals surface area contributed by atoms with Gasteiger partial charge in [-0.05, 0) is 43.7 Å². The highest BCUT2D eigenvalue weighted by molar-refractivity contribution is 6.35. The van der Waals surface area contributed by atoms with Crippen molar-refractivity contribution in [1.29, 1.82) is 0 Å². The smallest absolute Gasteiger partial charge is 0.340 e. The molecule has 7 heteroatoms. The van der Waals surface area contributed by atoms with Crippen molar-refractivity contribution >= 4 is 35.1 Å². The molecule has 0 radical (unpaired) electrons. The number of pyridine rings is 1. The molecule has 2 atom stereocenters. The van der Waals surface area contributed by atoms with Gasteiger partial charge in [0.1, 0.15) is 0 Å². The van der Waals surface area contributed by atoms with Gasteiger partial charge in [-0.15, -0.1) is 0 Å². The van der Waals surface area contributed by atoms with Crippen molar-refractivity contribution in [3.8, 4) is 0 Å². The summed E-state index contributed by atoms with van der Waals surface area (Å²) in [5.41, 5.74) is 1.01. The Bertz CT molecular complexity index is 738. The zero-order valence-electron chi connectivity index (χ0n) is 13.1.